The molecule has 0 aromatic heterocycles. The first-order valence-corrected chi connectivity index (χ1v) is 6.36. The van der Waals surface area contributed by atoms with Gasteiger partial charge in [-0.2, -0.15) is 5.26 Å². The van der Waals surface area contributed by atoms with Crippen molar-refractivity contribution in [3.63, 3.8) is 0 Å². The SMILES string of the molecule is CC(C)c1ccc(CNC(=O)C2(C#N)CC2)cc1. The summed E-state index contributed by atoms with van der Waals surface area (Å²) in [5, 5.41) is 11.8. The van der Waals surface area contributed by atoms with Crippen LogP contribution in [0.1, 0.15) is 43.7 Å². The van der Waals surface area contributed by atoms with Crippen molar-refractivity contribution < 1.29 is 4.79 Å². The van der Waals surface area contributed by atoms with Gasteiger partial charge in [0, 0.05) is 6.54 Å². The summed E-state index contributed by atoms with van der Waals surface area (Å²) in [7, 11) is 0. The van der Waals surface area contributed by atoms with E-state index >= 15 is 0 Å². The van der Waals surface area contributed by atoms with E-state index in [1.807, 2.05) is 12.1 Å². The van der Waals surface area contributed by atoms with E-state index in [9.17, 15) is 4.79 Å². The molecule has 18 heavy (non-hydrogen) atoms. The van der Waals surface area contributed by atoms with E-state index in [2.05, 4.69) is 37.4 Å². The molecule has 1 aromatic rings. The Kier molecular flexibility index (Phi) is 3.38. The van der Waals surface area contributed by atoms with Gasteiger partial charge in [-0.05, 0) is 29.9 Å². The number of hydrogen-bond donors (Lipinski definition) is 1. The van der Waals surface area contributed by atoms with E-state index in [4.69, 9.17) is 5.26 Å². The Morgan fingerprint density at radius 2 is 2.00 bits per heavy atom. The zero-order valence-corrected chi connectivity index (χ0v) is 10.9. The van der Waals surface area contributed by atoms with Gasteiger partial charge in [0.15, 0.2) is 0 Å². The van der Waals surface area contributed by atoms with Gasteiger partial charge in [-0.1, -0.05) is 38.1 Å². The molecule has 1 fully saturated rings. The van der Waals surface area contributed by atoms with Crippen molar-refractivity contribution in [1.82, 2.24) is 5.32 Å². The maximum atomic E-state index is 11.8. The first-order valence-electron chi connectivity index (χ1n) is 6.36. The molecule has 1 aromatic carbocycles. The van der Waals surface area contributed by atoms with E-state index in [0.717, 1.165) is 5.56 Å². The lowest BCUT2D eigenvalue weighted by Gasteiger charge is -2.10. The lowest BCUT2D eigenvalue weighted by Crippen LogP contribution is -2.30. The smallest absolute Gasteiger partial charge is 0.240 e. The molecule has 0 radical (unpaired) electrons. The predicted octanol–water partition coefficient (Wildman–Crippen LogP) is 2.73. The lowest BCUT2D eigenvalue weighted by atomic mass is 10.0. The van der Waals surface area contributed by atoms with Crippen molar-refractivity contribution in [2.75, 3.05) is 0 Å². The van der Waals surface area contributed by atoms with Gasteiger partial charge in [-0.25, -0.2) is 0 Å². The number of nitrogens with zero attached hydrogens (tertiary/aromatic N) is 1. The summed E-state index contributed by atoms with van der Waals surface area (Å²) < 4.78 is 0. The molecule has 1 amide bonds. The normalized spacial score (nSPS) is 16.1. The number of nitriles is 1. The van der Waals surface area contributed by atoms with Gasteiger partial charge in [0.2, 0.25) is 5.91 Å². The molecule has 0 saturated heterocycles. The third kappa shape index (κ3) is 2.53. The van der Waals surface area contributed by atoms with Crippen LogP contribution in [0.15, 0.2) is 24.3 Å². The van der Waals surface area contributed by atoms with Crippen LogP contribution in [0.4, 0.5) is 0 Å². The molecule has 0 heterocycles. The minimum Gasteiger partial charge on any atom is -0.351 e. The second kappa shape index (κ2) is 4.81. The molecule has 3 heteroatoms. The number of amides is 1. The lowest BCUT2D eigenvalue weighted by molar-refractivity contribution is -0.124. The molecule has 0 bridgehead atoms. The highest BCUT2D eigenvalue weighted by Gasteiger charge is 2.50. The topological polar surface area (TPSA) is 52.9 Å². The fourth-order valence-electron chi connectivity index (χ4n) is 1.89. The van der Waals surface area contributed by atoms with Crippen LogP contribution in [0.3, 0.4) is 0 Å². The van der Waals surface area contributed by atoms with Crippen LogP contribution in [0, 0.1) is 16.7 Å². The fraction of sp³-hybridized carbons (Fsp3) is 0.467. The molecule has 0 spiro atoms. The molecular formula is C15H18N2O. The van der Waals surface area contributed by atoms with Crippen molar-refractivity contribution in [3.05, 3.63) is 35.4 Å². The number of carbonyl (C=O) groups is 1. The van der Waals surface area contributed by atoms with Crippen LogP contribution < -0.4 is 5.32 Å². The van der Waals surface area contributed by atoms with Crippen LogP contribution in [0.5, 0.6) is 0 Å². The average molecular weight is 242 g/mol. The van der Waals surface area contributed by atoms with Crippen molar-refractivity contribution in [2.24, 2.45) is 5.41 Å². The summed E-state index contributed by atoms with van der Waals surface area (Å²) in [4.78, 5) is 11.8. The van der Waals surface area contributed by atoms with Gasteiger partial charge in [0.1, 0.15) is 5.41 Å². The Bertz CT molecular complexity index is 478. The van der Waals surface area contributed by atoms with E-state index < -0.39 is 5.41 Å². The highest BCUT2D eigenvalue weighted by Crippen LogP contribution is 2.44. The van der Waals surface area contributed by atoms with Gasteiger partial charge < -0.3 is 5.32 Å². The molecule has 0 unspecified atom stereocenters. The van der Waals surface area contributed by atoms with E-state index in [1.54, 1.807) is 0 Å². The molecule has 94 valence electrons. The second-order valence-electron chi connectivity index (χ2n) is 5.27. The van der Waals surface area contributed by atoms with Crippen LogP contribution in [-0.2, 0) is 11.3 Å². The number of hydrogen-bond acceptors (Lipinski definition) is 2. The van der Waals surface area contributed by atoms with E-state index in [-0.39, 0.29) is 5.91 Å². The number of carbonyl (C=O) groups excluding carboxylic acids is 1. The monoisotopic (exact) mass is 242 g/mol. The number of nitrogens with one attached hydrogen (secondary N) is 1. The molecule has 1 N–H and O–H groups in total. The van der Waals surface area contributed by atoms with E-state index in [0.29, 0.717) is 25.3 Å². The summed E-state index contributed by atoms with van der Waals surface area (Å²) in [6.07, 6.45) is 1.39. The van der Waals surface area contributed by atoms with Crippen molar-refractivity contribution in [3.8, 4) is 6.07 Å². The summed E-state index contributed by atoms with van der Waals surface area (Å²) in [5.41, 5.74) is 1.64. The van der Waals surface area contributed by atoms with Gasteiger partial charge in [0.25, 0.3) is 0 Å². The van der Waals surface area contributed by atoms with Crippen LogP contribution in [0.25, 0.3) is 0 Å². The zero-order valence-electron chi connectivity index (χ0n) is 10.9. The third-order valence-corrected chi connectivity index (χ3v) is 3.50. The number of rotatable bonds is 4. The van der Waals surface area contributed by atoms with Crippen LogP contribution in [-0.4, -0.2) is 5.91 Å². The van der Waals surface area contributed by atoms with Gasteiger partial charge in [0.05, 0.1) is 6.07 Å². The summed E-state index contributed by atoms with van der Waals surface area (Å²) in [6, 6.07) is 10.3. The molecule has 1 aliphatic rings. The zero-order chi connectivity index (χ0) is 13.2. The Hall–Kier alpha value is -1.82. The van der Waals surface area contributed by atoms with Crippen molar-refractivity contribution >= 4 is 5.91 Å². The summed E-state index contributed by atoms with van der Waals surface area (Å²) in [6.45, 7) is 4.81. The Morgan fingerprint density at radius 1 is 1.39 bits per heavy atom. The third-order valence-electron chi connectivity index (χ3n) is 3.50. The highest BCUT2D eigenvalue weighted by molar-refractivity contribution is 5.88. The van der Waals surface area contributed by atoms with E-state index in [1.165, 1.54) is 5.56 Å². The predicted molar refractivity (Wildman–Crippen MR) is 69.7 cm³/mol. The van der Waals surface area contributed by atoms with Gasteiger partial charge >= 0.3 is 0 Å². The standard InChI is InChI=1S/C15H18N2O/c1-11(2)13-5-3-12(4-6-13)9-17-14(18)15(10-16)7-8-15/h3-6,11H,7-9H2,1-2H3,(H,17,18). The minimum absolute atomic E-state index is 0.127. The Morgan fingerprint density at radius 3 is 2.44 bits per heavy atom. The second-order valence-corrected chi connectivity index (χ2v) is 5.27. The first kappa shape index (κ1) is 12.6. The average Bonchev–Trinajstić information content (AvgIpc) is 3.17. The molecular weight excluding hydrogens is 224 g/mol. The van der Waals surface area contributed by atoms with Crippen molar-refractivity contribution in [1.29, 1.82) is 5.26 Å². The maximum absolute atomic E-state index is 11.8. The Labute approximate surface area is 108 Å². The molecule has 0 aliphatic heterocycles. The largest absolute Gasteiger partial charge is 0.351 e. The maximum Gasteiger partial charge on any atom is 0.240 e. The molecule has 1 saturated carbocycles. The summed E-state index contributed by atoms with van der Waals surface area (Å²) >= 11 is 0. The minimum atomic E-state index is -0.724. The summed E-state index contributed by atoms with van der Waals surface area (Å²) in [5.74, 6) is 0.389. The first-order chi connectivity index (χ1) is 8.57. The fourth-order valence-corrected chi connectivity index (χ4v) is 1.89. The molecule has 3 nitrogen and oxygen atoms in total. The highest BCUT2D eigenvalue weighted by atomic mass is 16.2. The van der Waals surface area contributed by atoms with Gasteiger partial charge in [-0.15, -0.1) is 0 Å². The van der Waals surface area contributed by atoms with Crippen LogP contribution >= 0.6 is 0 Å². The van der Waals surface area contributed by atoms with Gasteiger partial charge in [-0.3, -0.25) is 4.79 Å². The quantitative estimate of drug-likeness (QED) is 0.882. The number of benzene rings is 1. The molecule has 1 aliphatic carbocycles. The molecule has 2 rings (SSSR count). The van der Waals surface area contributed by atoms with Crippen LogP contribution in [0.2, 0.25) is 0 Å². The molecule has 0 atom stereocenters. The Balaban J connectivity index is 1.91. The van der Waals surface area contributed by atoms with Crippen molar-refractivity contribution in [2.45, 2.75) is 39.2 Å².